The molecule has 0 aliphatic rings. The molecule has 0 heterocycles. The molecule has 0 aliphatic heterocycles. The Morgan fingerprint density at radius 1 is 1.23 bits per heavy atom. The molecule has 2 heteroatoms. The van der Waals surface area contributed by atoms with Gasteiger partial charge in [0.1, 0.15) is 11.6 Å². The molecule has 0 radical (unpaired) electrons. The third-order valence-corrected chi connectivity index (χ3v) is 2.45. The van der Waals surface area contributed by atoms with Crippen molar-refractivity contribution in [1.82, 2.24) is 0 Å². The van der Waals surface area contributed by atoms with Crippen LogP contribution in [0.2, 0.25) is 0 Å². The first-order valence-electron chi connectivity index (χ1n) is 5.02. The minimum absolute atomic E-state index is 0.0858. The predicted octanol–water partition coefficient (Wildman–Crippen LogP) is 2.61. The first-order chi connectivity index (χ1) is 5.99. The van der Waals surface area contributed by atoms with Crippen LogP contribution in [0.15, 0.2) is 0 Å². The van der Waals surface area contributed by atoms with Crippen LogP contribution in [-0.4, -0.2) is 11.6 Å². The largest absolute Gasteiger partial charge is 0.300 e. The molecule has 0 fully saturated rings. The number of rotatable bonds is 6. The molecule has 0 aromatic rings. The van der Waals surface area contributed by atoms with Crippen molar-refractivity contribution in [3.63, 3.8) is 0 Å². The van der Waals surface area contributed by atoms with Crippen molar-refractivity contribution in [1.29, 1.82) is 0 Å². The van der Waals surface area contributed by atoms with Crippen molar-refractivity contribution in [2.75, 3.05) is 0 Å². The first-order valence-corrected chi connectivity index (χ1v) is 5.02. The zero-order valence-corrected chi connectivity index (χ0v) is 9.09. The molecule has 13 heavy (non-hydrogen) atoms. The number of Topliss-reactive ketones (excluding diaryl/α,β-unsaturated/α-hetero) is 2. The number of hydrogen-bond donors (Lipinski definition) is 0. The minimum atomic E-state index is 0.0858. The van der Waals surface area contributed by atoms with Gasteiger partial charge in [0.05, 0.1) is 0 Å². The summed E-state index contributed by atoms with van der Waals surface area (Å²) in [5.41, 5.74) is 0. The van der Waals surface area contributed by atoms with Gasteiger partial charge in [0, 0.05) is 18.3 Å². The van der Waals surface area contributed by atoms with E-state index in [1.165, 1.54) is 0 Å². The molecule has 0 rings (SSSR count). The lowest BCUT2D eigenvalue weighted by Crippen LogP contribution is -2.14. The van der Waals surface area contributed by atoms with Crippen molar-refractivity contribution in [3.8, 4) is 0 Å². The molecule has 0 aliphatic carbocycles. The van der Waals surface area contributed by atoms with E-state index in [9.17, 15) is 9.59 Å². The average Bonchev–Trinajstić information content (AvgIpc) is 2.04. The summed E-state index contributed by atoms with van der Waals surface area (Å²) < 4.78 is 0. The van der Waals surface area contributed by atoms with E-state index in [-0.39, 0.29) is 23.4 Å². The van der Waals surface area contributed by atoms with Crippen molar-refractivity contribution in [2.45, 2.75) is 47.0 Å². The topological polar surface area (TPSA) is 34.1 Å². The molecule has 0 aromatic heterocycles. The van der Waals surface area contributed by atoms with E-state index in [2.05, 4.69) is 0 Å². The quantitative estimate of drug-likeness (QED) is 0.636. The van der Waals surface area contributed by atoms with Gasteiger partial charge in [0.15, 0.2) is 0 Å². The molecule has 0 saturated heterocycles. The van der Waals surface area contributed by atoms with Crippen LogP contribution in [0.5, 0.6) is 0 Å². The fourth-order valence-electron chi connectivity index (χ4n) is 1.30. The zero-order valence-electron chi connectivity index (χ0n) is 9.09. The van der Waals surface area contributed by atoms with Crippen LogP contribution in [0, 0.1) is 11.8 Å². The molecule has 0 spiro atoms. The molecular weight excluding hydrogens is 164 g/mol. The lowest BCUT2D eigenvalue weighted by molar-refractivity contribution is -0.123. The van der Waals surface area contributed by atoms with Crippen LogP contribution in [0.25, 0.3) is 0 Å². The standard InChI is InChI=1S/C11H20O2/c1-5-10(9(4)12)6-7-11(13)8(2)3/h8,10H,5-7H2,1-4H3. The van der Waals surface area contributed by atoms with Crippen LogP contribution in [-0.2, 0) is 9.59 Å². The molecule has 1 atom stereocenters. The van der Waals surface area contributed by atoms with Gasteiger partial charge in [-0.2, -0.15) is 0 Å². The lowest BCUT2D eigenvalue weighted by atomic mass is 9.93. The Hall–Kier alpha value is -0.660. The lowest BCUT2D eigenvalue weighted by Gasteiger charge is -2.10. The summed E-state index contributed by atoms with van der Waals surface area (Å²) in [6.45, 7) is 7.40. The zero-order chi connectivity index (χ0) is 10.4. The van der Waals surface area contributed by atoms with Crippen LogP contribution < -0.4 is 0 Å². The van der Waals surface area contributed by atoms with Crippen LogP contribution in [0.3, 0.4) is 0 Å². The summed E-state index contributed by atoms with van der Waals surface area (Å²) in [4.78, 5) is 22.3. The van der Waals surface area contributed by atoms with Gasteiger partial charge in [-0.3, -0.25) is 9.59 Å². The van der Waals surface area contributed by atoms with Gasteiger partial charge in [-0.15, -0.1) is 0 Å². The molecule has 76 valence electrons. The Morgan fingerprint density at radius 2 is 1.77 bits per heavy atom. The third kappa shape index (κ3) is 4.81. The maximum Gasteiger partial charge on any atom is 0.135 e. The van der Waals surface area contributed by atoms with Gasteiger partial charge in [-0.25, -0.2) is 0 Å². The highest BCUT2D eigenvalue weighted by Gasteiger charge is 2.14. The van der Waals surface area contributed by atoms with Gasteiger partial charge in [-0.05, 0) is 19.8 Å². The third-order valence-electron chi connectivity index (χ3n) is 2.45. The smallest absolute Gasteiger partial charge is 0.135 e. The van der Waals surface area contributed by atoms with Crippen molar-refractivity contribution in [3.05, 3.63) is 0 Å². The highest BCUT2D eigenvalue weighted by molar-refractivity contribution is 5.82. The number of ketones is 2. The van der Waals surface area contributed by atoms with Crippen LogP contribution in [0.4, 0.5) is 0 Å². The minimum Gasteiger partial charge on any atom is -0.300 e. The molecule has 0 amide bonds. The number of hydrogen-bond acceptors (Lipinski definition) is 2. The molecule has 0 bridgehead atoms. The fraction of sp³-hybridized carbons (Fsp3) is 0.818. The first kappa shape index (κ1) is 12.3. The van der Waals surface area contributed by atoms with Crippen LogP contribution in [0.1, 0.15) is 47.0 Å². The Balaban J connectivity index is 3.85. The summed E-state index contributed by atoms with van der Waals surface area (Å²) in [7, 11) is 0. The van der Waals surface area contributed by atoms with Crippen molar-refractivity contribution in [2.24, 2.45) is 11.8 Å². The van der Waals surface area contributed by atoms with Gasteiger partial charge in [0.2, 0.25) is 0 Å². The SMILES string of the molecule is CCC(CCC(=O)C(C)C)C(C)=O. The molecule has 2 nitrogen and oxygen atoms in total. The van der Waals surface area contributed by atoms with Gasteiger partial charge in [-0.1, -0.05) is 20.8 Å². The van der Waals surface area contributed by atoms with E-state index in [1.807, 2.05) is 20.8 Å². The highest BCUT2D eigenvalue weighted by Crippen LogP contribution is 2.14. The maximum absolute atomic E-state index is 11.3. The molecular formula is C11H20O2. The van der Waals surface area contributed by atoms with E-state index in [4.69, 9.17) is 0 Å². The van der Waals surface area contributed by atoms with Gasteiger partial charge >= 0.3 is 0 Å². The van der Waals surface area contributed by atoms with E-state index in [0.717, 1.165) is 12.8 Å². The summed E-state index contributed by atoms with van der Waals surface area (Å²) in [6.07, 6.45) is 2.12. The number of carbonyl (C=O) groups excluding carboxylic acids is 2. The van der Waals surface area contributed by atoms with Gasteiger partial charge in [0.25, 0.3) is 0 Å². The second-order valence-corrected chi connectivity index (χ2v) is 3.88. The summed E-state index contributed by atoms with van der Waals surface area (Å²) in [5.74, 6) is 0.658. The molecule has 1 unspecified atom stereocenters. The highest BCUT2D eigenvalue weighted by atomic mass is 16.1. The van der Waals surface area contributed by atoms with E-state index in [1.54, 1.807) is 6.92 Å². The summed E-state index contributed by atoms with van der Waals surface area (Å²) in [6, 6.07) is 0. The normalized spacial score (nSPS) is 13.0. The maximum atomic E-state index is 11.3. The molecule has 0 aromatic carbocycles. The Morgan fingerprint density at radius 3 is 2.08 bits per heavy atom. The van der Waals surface area contributed by atoms with Crippen molar-refractivity contribution < 1.29 is 9.59 Å². The Kier molecular flexibility index (Phi) is 5.60. The summed E-state index contributed by atoms with van der Waals surface area (Å²) in [5, 5.41) is 0. The second kappa shape index (κ2) is 5.90. The molecule has 0 saturated carbocycles. The van der Waals surface area contributed by atoms with E-state index >= 15 is 0 Å². The van der Waals surface area contributed by atoms with E-state index < -0.39 is 0 Å². The molecule has 0 N–H and O–H groups in total. The predicted molar refractivity (Wildman–Crippen MR) is 53.5 cm³/mol. The Bertz CT molecular complexity index is 183. The van der Waals surface area contributed by atoms with Crippen molar-refractivity contribution >= 4 is 11.6 Å². The summed E-state index contributed by atoms with van der Waals surface area (Å²) >= 11 is 0. The second-order valence-electron chi connectivity index (χ2n) is 3.88. The fourth-order valence-corrected chi connectivity index (χ4v) is 1.30. The Labute approximate surface area is 80.7 Å². The van der Waals surface area contributed by atoms with Crippen LogP contribution >= 0.6 is 0 Å². The monoisotopic (exact) mass is 184 g/mol. The van der Waals surface area contributed by atoms with Gasteiger partial charge < -0.3 is 0 Å². The average molecular weight is 184 g/mol. The number of carbonyl (C=O) groups is 2. The van der Waals surface area contributed by atoms with E-state index in [0.29, 0.717) is 6.42 Å².